The molecule has 3 rings (SSSR count). The highest BCUT2D eigenvalue weighted by molar-refractivity contribution is 9.10. The Morgan fingerprint density at radius 1 is 1.10 bits per heavy atom. The lowest BCUT2D eigenvalue weighted by molar-refractivity contribution is -0.150. The van der Waals surface area contributed by atoms with E-state index < -0.39 is 12.1 Å². The molecule has 0 spiro atoms. The van der Waals surface area contributed by atoms with Gasteiger partial charge in [-0.25, -0.2) is 4.79 Å². The Bertz CT molecular complexity index is 1120. The van der Waals surface area contributed by atoms with E-state index in [1.54, 1.807) is 50.2 Å². The summed E-state index contributed by atoms with van der Waals surface area (Å²) in [7, 11) is 0. The fourth-order valence-corrected chi connectivity index (χ4v) is 3.17. The van der Waals surface area contributed by atoms with Gasteiger partial charge < -0.3 is 19.4 Å². The van der Waals surface area contributed by atoms with Crippen LogP contribution in [-0.2, 0) is 20.9 Å². The molecule has 1 aromatic heterocycles. The molecule has 156 valence electrons. The lowest BCUT2D eigenvalue weighted by Crippen LogP contribution is -2.28. The number of amides is 1. The minimum absolute atomic E-state index is 0.130. The number of nitrogens with zero attached hydrogens (tertiary/aromatic N) is 1. The average molecular weight is 473 g/mol. The molecule has 0 saturated carbocycles. The maximum absolute atomic E-state index is 12.9. The predicted molar refractivity (Wildman–Crippen MR) is 118 cm³/mol. The van der Waals surface area contributed by atoms with Crippen LogP contribution >= 0.6 is 15.9 Å². The van der Waals surface area contributed by atoms with E-state index >= 15 is 0 Å². The first kappa shape index (κ1) is 21.6. The smallest absolute Gasteiger partial charge is 0.347 e. The normalized spacial score (nSPS) is 11.7. The average Bonchev–Trinajstić information content (AvgIpc) is 2.72. The van der Waals surface area contributed by atoms with Crippen molar-refractivity contribution >= 4 is 44.3 Å². The maximum atomic E-state index is 12.9. The third-order valence-electron chi connectivity index (χ3n) is 4.34. The van der Waals surface area contributed by atoms with E-state index in [0.29, 0.717) is 22.2 Å². The second kappa shape index (κ2) is 9.58. The molecule has 0 fully saturated rings. The van der Waals surface area contributed by atoms with Gasteiger partial charge in [0.2, 0.25) is 5.91 Å². The van der Waals surface area contributed by atoms with Crippen LogP contribution in [0.4, 0.5) is 5.69 Å². The Hall–Kier alpha value is -3.13. The van der Waals surface area contributed by atoms with Crippen LogP contribution in [0, 0.1) is 0 Å². The standard InChI is InChI=1S/C22H21BrN2O5/c1-3-29-22(28)14(2)30-19-6-4-5-18-17(19)11-12-25(21(18)27)13-20(26)24-16-9-7-15(23)8-10-16/h4-12,14H,3,13H2,1-2H3,(H,24,26)/t14-/m0/s1. The van der Waals surface area contributed by atoms with Crippen molar-refractivity contribution in [2.75, 3.05) is 11.9 Å². The fraction of sp³-hybridized carbons (Fsp3) is 0.227. The maximum Gasteiger partial charge on any atom is 0.347 e. The second-order valence-electron chi connectivity index (χ2n) is 6.53. The van der Waals surface area contributed by atoms with Crippen LogP contribution in [0.3, 0.4) is 0 Å². The largest absolute Gasteiger partial charge is 0.478 e. The molecule has 0 aliphatic heterocycles. The molecule has 7 nitrogen and oxygen atoms in total. The van der Waals surface area contributed by atoms with Gasteiger partial charge in [0.25, 0.3) is 5.56 Å². The Morgan fingerprint density at radius 2 is 1.83 bits per heavy atom. The zero-order chi connectivity index (χ0) is 21.7. The summed E-state index contributed by atoms with van der Waals surface area (Å²) in [4.78, 5) is 37.0. The van der Waals surface area contributed by atoms with Gasteiger partial charge in [-0.1, -0.05) is 22.0 Å². The first-order chi connectivity index (χ1) is 14.4. The minimum atomic E-state index is -0.810. The number of rotatable bonds is 7. The number of nitrogens with one attached hydrogen (secondary N) is 1. The number of hydrogen-bond acceptors (Lipinski definition) is 5. The van der Waals surface area contributed by atoms with Gasteiger partial charge in [0.15, 0.2) is 6.10 Å². The van der Waals surface area contributed by atoms with Crippen molar-refractivity contribution in [2.24, 2.45) is 0 Å². The van der Waals surface area contributed by atoms with Crippen molar-refractivity contribution in [3.63, 3.8) is 0 Å². The van der Waals surface area contributed by atoms with E-state index in [-0.39, 0.29) is 24.6 Å². The van der Waals surface area contributed by atoms with E-state index in [1.165, 1.54) is 10.8 Å². The Morgan fingerprint density at radius 3 is 2.53 bits per heavy atom. The predicted octanol–water partition coefficient (Wildman–Crippen LogP) is 3.73. The number of carbonyl (C=O) groups excluding carboxylic acids is 2. The summed E-state index contributed by atoms with van der Waals surface area (Å²) >= 11 is 3.34. The summed E-state index contributed by atoms with van der Waals surface area (Å²) in [6.45, 7) is 3.44. The van der Waals surface area contributed by atoms with Crippen LogP contribution in [0.25, 0.3) is 10.8 Å². The number of halogens is 1. The van der Waals surface area contributed by atoms with E-state index in [2.05, 4.69) is 21.2 Å². The highest BCUT2D eigenvalue weighted by atomic mass is 79.9. The van der Waals surface area contributed by atoms with Gasteiger partial charge in [0.1, 0.15) is 12.3 Å². The van der Waals surface area contributed by atoms with Crippen molar-refractivity contribution in [2.45, 2.75) is 26.5 Å². The summed E-state index contributed by atoms with van der Waals surface area (Å²) in [5.74, 6) is -0.397. The first-order valence-corrected chi connectivity index (χ1v) is 10.2. The van der Waals surface area contributed by atoms with E-state index in [4.69, 9.17) is 9.47 Å². The number of pyridine rings is 1. The molecule has 0 bridgehead atoms. The molecule has 1 heterocycles. The summed E-state index contributed by atoms with van der Waals surface area (Å²) in [5, 5.41) is 3.71. The molecule has 0 aliphatic carbocycles. The zero-order valence-corrected chi connectivity index (χ0v) is 18.1. The first-order valence-electron chi connectivity index (χ1n) is 9.40. The summed E-state index contributed by atoms with van der Waals surface area (Å²) in [6, 6.07) is 13.9. The lowest BCUT2D eigenvalue weighted by atomic mass is 10.1. The quantitative estimate of drug-likeness (QED) is 0.529. The highest BCUT2D eigenvalue weighted by Crippen LogP contribution is 2.24. The molecule has 1 amide bonds. The molecule has 0 radical (unpaired) electrons. The van der Waals surface area contributed by atoms with Gasteiger partial charge in [-0.15, -0.1) is 0 Å². The Labute approximate surface area is 181 Å². The van der Waals surface area contributed by atoms with Gasteiger partial charge in [0.05, 0.1) is 12.0 Å². The molecule has 30 heavy (non-hydrogen) atoms. The van der Waals surface area contributed by atoms with Gasteiger partial charge in [-0.3, -0.25) is 9.59 Å². The number of anilines is 1. The van der Waals surface area contributed by atoms with Crippen LogP contribution in [0.5, 0.6) is 5.75 Å². The van der Waals surface area contributed by atoms with Crippen LogP contribution in [-0.4, -0.2) is 29.2 Å². The molecular formula is C22H21BrN2O5. The van der Waals surface area contributed by atoms with E-state index in [9.17, 15) is 14.4 Å². The summed E-state index contributed by atoms with van der Waals surface area (Å²) < 4.78 is 12.9. The number of hydrogen-bond donors (Lipinski definition) is 1. The van der Waals surface area contributed by atoms with Gasteiger partial charge >= 0.3 is 5.97 Å². The number of aromatic nitrogens is 1. The molecule has 0 unspecified atom stereocenters. The minimum Gasteiger partial charge on any atom is -0.478 e. The van der Waals surface area contributed by atoms with Crippen molar-refractivity contribution in [1.29, 1.82) is 0 Å². The van der Waals surface area contributed by atoms with Crippen molar-refractivity contribution in [1.82, 2.24) is 4.57 Å². The van der Waals surface area contributed by atoms with Crippen LogP contribution in [0.1, 0.15) is 13.8 Å². The third-order valence-corrected chi connectivity index (χ3v) is 4.87. The van der Waals surface area contributed by atoms with Crippen LogP contribution < -0.4 is 15.6 Å². The van der Waals surface area contributed by atoms with E-state index in [1.807, 2.05) is 12.1 Å². The highest BCUT2D eigenvalue weighted by Gasteiger charge is 2.18. The molecule has 2 aromatic carbocycles. The Balaban J connectivity index is 1.80. The third kappa shape index (κ3) is 5.07. The number of fused-ring (bicyclic) bond motifs is 1. The van der Waals surface area contributed by atoms with E-state index in [0.717, 1.165) is 4.47 Å². The number of esters is 1. The number of ether oxygens (including phenoxy) is 2. The number of carbonyl (C=O) groups is 2. The van der Waals surface area contributed by atoms with Gasteiger partial charge in [-0.2, -0.15) is 0 Å². The molecule has 1 N–H and O–H groups in total. The summed E-state index contributed by atoms with van der Waals surface area (Å²) in [5.41, 5.74) is 0.313. The summed E-state index contributed by atoms with van der Waals surface area (Å²) in [6.07, 6.45) is 0.725. The molecule has 0 saturated heterocycles. The molecule has 8 heteroatoms. The van der Waals surface area contributed by atoms with Crippen molar-refractivity contribution in [3.8, 4) is 5.75 Å². The molecule has 3 aromatic rings. The molecular weight excluding hydrogens is 452 g/mol. The van der Waals surface area contributed by atoms with Crippen molar-refractivity contribution in [3.05, 3.63) is 69.6 Å². The topological polar surface area (TPSA) is 86.6 Å². The monoisotopic (exact) mass is 472 g/mol. The lowest BCUT2D eigenvalue weighted by Gasteiger charge is -2.15. The van der Waals surface area contributed by atoms with Gasteiger partial charge in [0, 0.05) is 21.7 Å². The van der Waals surface area contributed by atoms with Crippen molar-refractivity contribution < 1.29 is 19.1 Å². The SMILES string of the molecule is CCOC(=O)[C@H](C)Oc1cccc2c(=O)n(CC(=O)Nc3ccc(Br)cc3)ccc12. The molecule has 0 aliphatic rings. The Kier molecular flexibility index (Phi) is 6.89. The second-order valence-corrected chi connectivity index (χ2v) is 7.45. The van der Waals surface area contributed by atoms with Crippen LogP contribution in [0.15, 0.2) is 64.0 Å². The van der Waals surface area contributed by atoms with Gasteiger partial charge in [-0.05, 0) is 56.3 Å². The van der Waals surface area contributed by atoms with Crippen LogP contribution in [0.2, 0.25) is 0 Å². The zero-order valence-electron chi connectivity index (χ0n) is 16.6. The fourth-order valence-electron chi connectivity index (χ4n) is 2.90. The molecule has 1 atom stereocenters. The number of benzene rings is 2.